The Morgan fingerprint density at radius 2 is 0.532 bits per heavy atom. The molecule has 0 unspecified atom stereocenters. The van der Waals surface area contributed by atoms with E-state index in [1.54, 1.807) is 0 Å². The third-order valence-corrected chi connectivity index (χ3v) is 21.3. The van der Waals surface area contributed by atoms with E-state index in [1.807, 2.05) is 91.0 Å². The van der Waals surface area contributed by atoms with Crippen molar-refractivity contribution in [2.75, 3.05) is 9.80 Å². The largest absolute Gasteiger partial charge is 0.311 e. The van der Waals surface area contributed by atoms with Crippen LogP contribution in [0.5, 0.6) is 0 Å². The van der Waals surface area contributed by atoms with E-state index in [9.17, 15) is 11.0 Å². The molecule has 0 fully saturated rings. The van der Waals surface area contributed by atoms with Gasteiger partial charge in [-0.25, -0.2) is 29.9 Å². The first kappa shape index (κ1) is 57.4. The number of fused-ring (bicyclic) bond motifs is 4. The Bertz CT molecular complexity index is 6580. The van der Waals surface area contributed by atoms with Crippen LogP contribution >= 0.6 is 0 Å². The molecule has 0 N–H and O–H groups in total. The Hall–Kier alpha value is -11.7. The zero-order valence-corrected chi connectivity index (χ0v) is 66.5. The molecule has 0 aliphatic carbocycles. The van der Waals surface area contributed by atoms with Crippen LogP contribution in [0.15, 0.2) is 273 Å². The fourth-order valence-electron chi connectivity index (χ4n) is 14.9. The monoisotopic (exact) mass is 1460 g/mol. The molecule has 0 radical (unpaired) electrons. The van der Waals surface area contributed by atoms with Crippen molar-refractivity contribution in [2.24, 2.45) is 0 Å². The maximum atomic E-state index is 9.72. The predicted octanol–water partition coefficient (Wildman–Crippen LogP) is 24.9. The number of rotatable bonds is 11. The summed E-state index contributed by atoms with van der Waals surface area (Å²) in [6.07, 6.45) is 0. The third kappa shape index (κ3) is 14.3. The minimum absolute atomic E-state index is 0.000496. The normalized spacial score (nSPS) is 15.0. The van der Waals surface area contributed by atoms with E-state index in [0.717, 1.165) is 83.1 Å². The Kier molecular flexibility index (Phi) is 14.3. The predicted molar refractivity (Wildman–Crippen MR) is 468 cm³/mol. The van der Waals surface area contributed by atoms with E-state index in [0.29, 0.717) is 68.3 Å². The van der Waals surface area contributed by atoms with Gasteiger partial charge in [0.1, 0.15) is 0 Å². The molecular weight excluding hydrogens is 1350 g/mol. The van der Waals surface area contributed by atoms with Crippen molar-refractivity contribution in [2.45, 2.75) is 157 Å². The molecule has 9 heteroatoms. The molecule has 16 rings (SSSR count). The molecule has 8 nitrogen and oxygen atoms in total. The fourth-order valence-corrected chi connectivity index (χ4v) is 14.9. The lowest BCUT2D eigenvalue weighted by Gasteiger charge is -2.45. The summed E-state index contributed by atoms with van der Waals surface area (Å²) >= 11 is 0. The first-order valence-electron chi connectivity index (χ1n) is 45.5. The summed E-state index contributed by atoms with van der Waals surface area (Å²) in [5.41, 5.74) is 14.9. The van der Waals surface area contributed by atoms with E-state index >= 15 is 0 Å². The van der Waals surface area contributed by atoms with Crippen molar-refractivity contribution < 1.29 is 20.6 Å². The van der Waals surface area contributed by atoms with Crippen LogP contribution in [-0.4, -0.2) is 36.6 Å². The molecule has 0 amide bonds. The van der Waals surface area contributed by atoms with Crippen LogP contribution in [-0.2, 0) is 32.5 Å². The highest BCUT2D eigenvalue weighted by molar-refractivity contribution is 7.00. The summed E-state index contributed by atoms with van der Waals surface area (Å²) in [6.45, 7) is 38.4. The molecule has 2 aromatic heterocycles. The Morgan fingerprint density at radius 1 is 0.234 bits per heavy atom. The number of hydrogen-bond acceptors (Lipinski definition) is 8. The van der Waals surface area contributed by atoms with E-state index < -0.39 is 130 Å². The zero-order valence-electron chi connectivity index (χ0n) is 81.5. The second kappa shape index (κ2) is 27.7. The molecule has 0 saturated heterocycles. The Balaban J connectivity index is 1.13. The van der Waals surface area contributed by atoms with Gasteiger partial charge in [-0.1, -0.05) is 349 Å². The number of nitrogens with zero attached hydrogens (tertiary/aromatic N) is 8. The van der Waals surface area contributed by atoms with Gasteiger partial charge in [-0.05, 0) is 164 Å². The van der Waals surface area contributed by atoms with Crippen LogP contribution in [0.2, 0.25) is 0 Å². The van der Waals surface area contributed by atoms with Gasteiger partial charge < -0.3 is 9.80 Å². The van der Waals surface area contributed by atoms with Crippen LogP contribution in [0.4, 0.5) is 34.1 Å². The van der Waals surface area contributed by atoms with E-state index in [2.05, 4.69) is 225 Å². The lowest BCUT2D eigenvalue weighted by molar-refractivity contribution is 0.568. The molecule has 14 aromatic rings. The molecule has 550 valence electrons. The summed E-state index contributed by atoms with van der Waals surface area (Å²) < 4.78 is 139. The molecule has 4 heterocycles. The van der Waals surface area contributed by atoms with E-state index in [1.165, 1.54) is 0 Å². The van der Waals surface area contributed by atoms with E-state index in [-0.39, 0.29) is 34.3 Å². The minimum Gasteiger partial charge on any atom is -0.311 e. The smallest absolute Gasteiger partial charge is 0.252 e. The summed E-state index contributed by atoms with van der Waals surface area (Å²) in [4.78, 5) is 36.1. The van der Waals surface area contributed by atoms with Crippen molar-refractivity contribution in [3.8, 4) is 102 Å². The lowest BCUT2D eigenvalue weighted by atomic mass is 9.33. The number of anilines is 6. The Labute approximate surface area is 679 Å². The van der Waals surface area contributed by atoms with Crippen molar-refractivity contribution >= 4 is 57.2 Å². The van der Waals surface area contributed by atoms with Gasteiger partial charge in [0.15, 0.2) is 34.9 Å². The van der Waals surface area contributed by atoms with Gasteiger partial charge >= 0.3 is 0 Å². The highest BCUT2D eigenvalue weighted by atomic mass is 15.2. The highest BCUT2D eigenvalue weighted by Gasteiger charge is 2.46. The van der Waals surface area contributed by atoms with Gasteiger partial charge in [0.25, 0.3) is 6.71 Å². The molecule has 0 bridgehead atoms. The van der Waals surface area contributed by atoms with Crippen LogP contribution in [0.3, 0.4) is 0 Å². The second-order valence-corrected chi connectivity index (χ2v) is 35.5. The van der Waals surface area contributed by atoms with Crippen LogP contribution in [0.25, 0.3) is 102 Å². The molecular formula is C102H99BN8. The molecule has 2 aliphatic rings. The maximum Gasteiger partial charge on any atom is 0.252 e. The molecule has 12 aromatic carbocycles. The number of hydrogen-bond donors (Lipinski definition) is 0. The van der Waals surface area contributed by atoms with Crippen molar-refractivity contribution in [3.05, 3.63) is 306 Å². The fraction of sp³-hybridized carbons (Fsp3) is 0.235. The van der Waals surface area contributed by atoms with Gasteiger partial charge in [-0.2, -0.15) is 0 Å². The number of benzene rings is 12. The lowest BCUT2D eigenvalue weighted by Crippen LogP contribution is -2.61. The van der Waals surface area contributed by atoms with Crippen LogP contribution in [0, 0.1) is 0 Å². The first-order chi connectivity index (χ1) is 59.0. The standard InChI is InChI=1S/C102H99BN8/c1-97(2,3)74-46-50-84(80(62-74)95-106-91(65-36-26-20-27-37-65)104-92(107-95)66-38-28-21-29-39-66)110-86-56-69(64-34-24-19-25-35-64)44-48-82(86)103-83-49-45-70(71-52-76(99(7,8)9)60-77(53-71)100(10,11)12)57-87(83)111(89-59-73(58-88(110)90(89)103)72-54-78(101(13,14)15)61-79(55-72)102(16,17)18)85-51-47-75(98(4,5)6)63-81(85)96-108-93(67-40-30-22-31-41-67)105-94(109-96)68-42-32-23-33-43-68/h19-63H,1-18H3/i19D,22D,23D,24D,25D,30D,31D,32D,33D,34D,35D,40D,41D,42D,43D. The van der Waals surface area contributed by atoms with Crippen LogP contribution in [0.1, 0.15) is 179 Å². The summed E-state index contributed by atoms with van der Waals surface area (Å²) in [6, 6.07) is 53.5. The second-order valence-electron chi connectivity index (χ2n) is 35.5. The summed E-state index contributed by atoms with van der Waals surface area (Å²) in [7, 11) is 0. The number of aromatic nitrogens is 6. The topological polar surface area (TPSA) is 83.8 Å². The van der Waals surface area contributed by atoms with Crippen LogP contribution < -0.4 is 26.2 Å². The van der Waals surface area contributed by atoms with Gasteiger partial charge in [0, 0.05) is 56.1 Å². The highest BCUT2D eigenvalue weighted by Crippen LogP contribution is 2.53. The quantitative estimate of drug-likeness (QED) is 0.118. The average Bonchev–Trinajstić information content (AvgIpc) is 0.686. The third-order valence-electron chi connectivity index (χ3n) is 21.3. The molecule has 0 atom stereocenters. The minimum atomic E-state index is -0.716. The van der Waals surface area contributed by atoms with Gasteiger partial charge in [-0.3, -0.25) is 0 Å². The maximum absolute atomic E-state index is 9.72. The van der Waals surface area contributed by atoms with E-state index in [4.69, 9.17) is 39.5 Å². The van der Waals surface area contributed by atoms with Gasteiger partial charge in [-0.15, -0.1) is 0 Å². The molecule has 111 heavy (non-hydrogen) atoms. The summed E-state index contributed by atoms with van der Waals surface area (Å²) in [5.74, 6) is 0.173. The zero-order chi connectivity index (χ0) is 90.9. The van der Waals surface area contributed by atoms with Crippen molar-refractivity contribution in [1.82, 2.24) is 29.9 Å². The average molecular weight is 1460 g/mol. The van der Waals surface area contributed by atoms with Crippen molar-refractivity contribution in [1.29, 1.82) is 0 Å². The molecule has 0 saturated carbocycles. The van der Waals surface area contributed by atoms with Gasteiger partial charge in [0.2, 0.25) is 0 Å². The summed E-state index contributed by atoms with van der Waals surface area (Å²) in [5, 5.41) is 0. The SMILES string of the molecule is [2H]c1c([2H])c([2H])c(-c2ccc3c(c2)N(c2ccc(C(C)(C)C)cc2-c2nc(-c4ccccc4)nc(-c4ccccc4)n2)c2cc(-c4cc(C(C)(C)C)cc(C(C)(C)C)c4)cc4c2B3c2ccc(-c3cc(C(C)(C)C)cc(C(C)(C)C)c3)cc2N4c2ccc(C(C)(C)C)cc2-c2nc(-c3c([2H])c([2H])c([2H])c([2H])c3[2H])nc(-c3c([2H])c([2H])c([2H])c([2H])c3[2H])n2)c([2H])c1[2H]. The van der Waals surface area contributed by atoms with Crippen molar-refractivity contribution in [3.63, 3.8) is 0 Å². The van der Waals surface area contributed by atoms with Gasteiger partial charge in [0.05, 0.1) is 31.9 Å². The molecule has 2 aliphatic heterocycles. The first-order valence-corrected chi connectivity index (χ1v) is 38.0. The molecule has 0 spiro atoms. The Morgan fingerprint density at radius 3 is 0.883 bits per heavy atom.